The maximum Gasteiger partial charge on any atom is 0.308 e. The number of piperidine rings is 1. The van der Waals surface area contributed by atoms with Gasteiger partial charge in [-0.25, -0.2) is 4.39 Å². The number of halogens is 1. The summed E-state index contributed by atoms with van der Waals surface area (Å²) in [4.78, 5) is 26.8. The quantitative estimate of drug-likeness (QED) is 0.901. The summed E-state index contributed by atoms with van der Waals surface area (Å²) < 4.78 is 14.3. The van der Waals surface area contributed by atoms with E-state index in [1.165, 1.54) is 6.07 Å². The molecule has 0 aliphatic carbocycles. The second kappa shape index (κ2) is 7.13. The number of hydrogen-bond acceptors (Lipinski definition) is 3. The number of rotatable bonds is 5. The summed E-state index contributed by atoms with van der Waals surface area (Å²) in [5.41, 5.74) is 0.282. The molecular formula is C18H18FNO3S. The van der Waals surface area contributed by atoms with Gasteiger partial charge in [0.05, 0.1) is 12.0 Å². The maximum atomic E-state index is 14.3. The van der Waals surface area contributed by atoms with Gasteiger partial charge in [0.15, 0.2) is 0 Å². The van der Waals surface area contributed by atoms with Crippen LogP contribution in [0.15, 0.2) is 41.8 Å². The summed E-state index contributed by atoms with van der Waals surface area (Å²) in [5, 5.41) is 11.5. The summed E-state index contributed by atoms with van der Waals surface area (Å²) in [6.45, 7) is 0.391. The third kappa shape index (κ3) is 3.33. The first-order chi connectivity index (χ1) is 11.6. The lowest BCUT2D eigenvalue weighted by molar-refractivity contribution is -0.152. The molecule has 2 atom stereocenters. The second-order valence-electron chi connectivity index (χ2n) is 5.87. The van der Waals surface area contributed by atoms with E-state index in [9.17, 15) is 19.1 Å². The predicted molar refractivity (Wildman–Crippen MR) is 89.2 cm³/mol. The molecule has 2 heterocycles. The van der Waals surface area contributed by atoms with Gasteiger partial charge in [-0.3, -0.25) is 9.59 Å². The highest BCUT2D eigenvalue weighted by Gasteiger charge is 2.41. The Hall–Kier alpha value is -2.21. The predicted octanol–water partition coefficient (Wildman–Crippen LogP) is 3.49. The van der Waals surface area contributed by atoms with Crippen LogP contribution in [0.2, 0.25) is 0 Å². The van der Waals surface area contributed by atoms with Gasteiger partial charge < -0.3 is 10.0 Å². The molecule has 24 heavy (non-hydrogen) atoms. The Balaban J connectivity index is 1.93. The molecule has 1 amide bonds. The zero-order chi connectivity index (χ0) is 17.1. The van der Waals surface area contributed by atoms with E-state index in [1.807, 2.05) is 17.5 Å². The van der Waals surface area contributed by atoms with Gasteiger partial charge in [-0.2, -0.15) is 0 Å². The minimum atomic E-state index is -0.989. The molecule has 2 aromatic rings. The molecule has 4 nitrogen and oxygen atoms in total. The fourth-order valence-corrected chi connectivity index (χ4v) is 3.96. The molecule has 0 bridgehead atoms. The van der Waals surface area contributed by atoms with Crippen LogP contribution in [0.3, 0.4) is 0 Å². The van der Waals surface area contributed by atoms with Gasteiger partial charge >= 0.3 is 5.97 Å². The lowest BCUT2D eigenvalue weighted by Gasteiger charge is -2.40. The smallest absolute Gasteiger partial charge is 0.308 e. The van der Waals surface area contributed by atoms with Crippen molar-refractivity contribution in [3.8, 4) is 0 Å². The molecule has 1 aliphatic rings. The number of carboxylic acids is 1. The van der Waals surface area contributed by atoms with E-state index in [0.29, 0.717) is 13.0 Å². The normalized spacial score (nSPS) is 21.0. The monoisotopic (exact) mass is 347 g/mol. The molecule has 1 N–H and O–H groups in total. The molecule has 2 unspecified atom stereocenters. The van der Waals surface area contributed by atoms with Gasteiger partial charge in [0.25, 0.3) is 0 Å². The minimum absolute atomic E-state index is 0.114. The topological polar surface area (TPSA) is 57.6 Å². The van der Waals surface area contributed by atoms with E-state index in [2.05, 4.69) is 0 Å². The fourth-order valence-electron chi connectivity index (χ4n) is 3.26. The summed E-state index contributed by atoms with van der Waals surface area (Å²) in [5.74, 6) is -2.36. The molecular weight excluding hydrogens is 329 g/mol. The molecule has 1 aromatic heterocycles. The van der Waals surface area contributed by atoms with Crippen LogP contribution in [-0.2, 0) is 16.0 Å². The number of carbonyl (C=O) groups excluding carboxylic acids is 1. The summed E-state index contributed by atoms with van der Waals surface area (Å²) in [6, 6.07) is 9.28. The molecule has 126 valence electrons. The van der Waals surface area contributed by atoms with E-state index in [-0.39, 0.29) is 24.3 Å². The number of carboxylic acid groups (broad SMARTS) is 1. The zero-order valence-corrected chi connectivity index (χ0v) is 13.8. The van der Waals surface area contributed by atoms with Crippen molar-refractivity contribution in [3.63, 3.8) is 0 Å². The molecule has 0 saturated carbocycles. The zero-order valence-electron chi connectivity index (χ0n) is 13.0. The summed E-state index contributed by atoms with van der Waals surface area (Å²) in [6.07, 6.45) is 1.07. The van der Waals surface area contributed by atoms with Gasteiger partial charge in [0, 0.05) is 23.4 Å². The number of carbonyl (C=O) groups is 2. The molecule has 0 radical (unpaired) electrons. The molecule has 1 saturated heterocycles. The Labute approximate surface area is 143 Å². The van der Waals surface area contributed by atoms with Crippen LogP contribution in [0, 0.1) is 11.7 Å². The minimum Gasteiger partial charge on any atom is -0.481 e. The first-order valence-corrected chi connectivity index (χ1v) is 8.75. The van der Waals surface area contributed by atoms with Crippen molar-refractivity contribution >= 4 is 23.2 Å². The van der Waals surface area contributed by atoms with Crippen LogP contribution in [0.5, 0.6) is 0 Å². The van der Waals surface area contributed by atoms with Crippen LogP contribution < -0.4 is 0 Å². The molecule has 0 spiro atoms. The van der Waals surface area contributed by atoms with Gasteiger partial charge in [-0.15, -0.1) is 11.3 Å². The molecule has 6 heteroatoms. The summed E-state index contributed by atoms with van der Waals surface area (Å²) in [7, 11) is 0. The van der Waals surface area contributed by atoms with Gasteiger partial charge in [-0.1, -0.05) is 24.3 Å². The highest BCUT2D eigenvalue weighted by molar-refractivity contribution is 7.09. The van der Waals surface area contributed by atoms with Crippen LogP contribution in [0.25, 0.3) is 0 Å². The second-order valence-corrected chi connectivity index (χ2v) is 6.90. The van der Waals surface area contributed by atoms with Crippen molar-refractivity contribution in [2.24, 2.45) is 5.92 Å². The first kappa shape index (κ1) is 16.6. The number of hydrogen-bond donors (Lipinski definition) is 1. The standard InChI is InChI=1S/C18H18FNO3S/c19-15-6-2-1-5-13(15)17-14(18(22)23)7-8-16(21)20(17)10-9-12-4-3-11-24-12/h1-6,11,14,17H,7-10H2,(H,22,23). The van der Waals surface area contributed by atoms with Crippen molar-refractivity contribution in [1.82, 2.24) is 4.90 Å². The molecule has 1 aliphatic heterocycles. The maximum absolute atomic E-state index is 14.3. The molecule has 1 fully saturated rings. The Morgan fingerprint density at radius 3 is 2.75 bits per heavy atom. The Morgan fingerprint density at radius 2 is 2.08 bits per heavy atom. The number of nitrogens with zero attached hydrogens (tertiary/aromatic N) is 1. The lowest BCUT2D eigenvalue weighted by Crippen LogP contribution is -2.46. The average molecular weight is 347 g/mol. The van der Waals surface area contributed by atoms with E-state index < -0.39 is 23.7 Å². The Bertz CT molecular complexity index is 732. The van der Waals surface area contributed by atoms with Crippen molar-refractivity contribution in [3.05, 3.63) is 58.0 Å². The van der Waals surface area contributed by atoms with Crippen molar-refractivity contribution in [2.45, 2.75) is 25.3 Å². The third-order valence-electron chi connectivity index (χ3n) is 4.43. The fraction of sp³-hybridized carbons (Fsp3) is 0.333. The van der Waals surface area contributed by atoms with Gasteiger partial charge in [-0.05, 0) is 30.4 Å². The van der Waals surface area contributed by atoms with E-state index in [0.717, 1.165) is 4.88 Å². The average Bonchev–Trinajstić information content (AvgIpc) is 3.07. The highest BCUT2D eigenvalue weighted by Crippen LogP contribution is 2.38. The first-order valence-electron chi connectivity index (χ1n) is 7.87. The number of likely N-dealkylation sites (tertiary alicyclic amines) is 1. The summed E-state index contributed by atoms with van der Waals surface area (Å²) >= 11 is 1.59. The Morgan fingerprint density at radius 1 is 1.29 bits per heavy atom. The van der Waals surface area contributed by atoms with Crippen LogP contribution in [0.4, 0.5) is 4.39 Å². The third-order valence-corrected chi connectivity index (χ3v) is 5.36. The highest BCUT2D eigenvalue weighted by atomic mass is 32.1. The number of benzene rings is 1. The van der Waals surface area contributed by atoms with E-state index in [1.54, 1.807) is 34.4 Å². The van der Waals surface area contributed by atoms with Crippen molar-refractivity contribution < 1.29 is 19.1 Å². The lowest BCUT2D eigenvalue weighted by atomic mass is 9.84. The SMILES string of the molecule is O=C(O)C1CCC(=O)N(CCc2cccs2)C1c1ccccc1F. The number of amides is 1. The van der Waals surface area contributed by atoms with Gasteiger partial charge in [0.2, 0.25) is 5.91 Å². The number of thiophene rings is 1. The van der Waals surface area contributed by atoms with E-state index >= 15 is 0 Å². The van der Waals surface area contributed by atoms with Crippen molar-refractivity contribution in [2.75, 3.05) is 6.54 Å². The molecule has 1 aromatic carbocycles. The van der Waals surface area contributed by atoms with Gasteiger partial charge in [0.1, 0.15) is 5.82 Å². The van der Waals surface area contributed by atoms with Crippen molar-refractivity contribution in [1.29, 1.82) is 0 Å². The van der Waals surface area contributed by atoms with Crippen LogP contribution >= 0.6 is 11.3 Å². The van der Waals surface area contributed by atoms with Crippen LogP contribution in [0.1, 0.15) is 29.3 Å². The number of aliphatic carboxylic acids is 1. The molecule has 3 rings (SSSR count). The largest absolute Gasteiger partial charge is 0.481 e. The van der Waals surface area contributed by atoms with E-state index in [4.69, 9.17) is 0 Å². The van der Waals surface area contributed by atoms with Crippen LogP contribution in [-0.4, -0.2) is 28.4 Å². The Kier molecular flexibility index (Phi) is 4.94.